The highest BCUT2D eigenvalue weighted by Gasteiger charge is 2.56. The van der Waals surface area contributed by atoms with Crippen LogP contribution >= 0.6 is 0 Å². The summed E-state index contributed by atoms with van der Waals surface area (Å²) in [5.74, 6) is -0.426. The Bertz CT molecular complexity index is 688. The average molecular weight is 314 g/mol. The minimum Gasteiger partial charge on any atom is -0.504 e. The molecule has 3 heteroatoms. The van der Waals surface area contributed by atoms with Gasteiger partial charge in [-0.05, 0) is 41.9 Å². The summed E-state index contributed by atoms with van der Waals surface area (Å²) in [6.07, 6.45) is 6.31. The number of aliphatic hydroxyl groups is 1. The maximum Gasteiger partial charge on any atom is 0.223 e. The van der Waals surface area contributed by atoms with Crippen molar-refractivity contribution in [3.05, 3.63) is 34.6 Å². The molecular formula is C20H26O3. The summed E-state index contributed by atoms with van der Waals surface area (Å²) in [5, 5.41) is 10.7. The molecule has 1 saturated carbocycles. The van der Waals surface area contributed by atoms with Crippen molar-refractivity contribution in [3.8, 4) is 0 Å². The predicted molar refractivity (Wildman–Crippen MR) is 89.9 cm³/mol. The predicted octanol–water partition coefficient (Wildman–Crippen LogP) is 4.31. The Hall–Kier alpha value is -1.64. The zero-order valence-corrected chi connectivity index (χ0v) is 14.7. The largest absolute Gasteiger partial charge is 0.504 e. The molecular weight excluding hydrogens is 288 g/mol. The van der Waals surface area contributed by atoms with Crippen molar-refractivity contribution in [1.82, 2.24) is 0 Å². The van der Waals surface area contributed by atoms with Crippen molar-refractivity contribution in [2.45, 2.75) is 53.9 Å². The Kier molecular flexibility index (Phi) is 3.48. The maximum atomic E-state index is 12.9. The molecule has 0 spiro atoms. The minimum atomic E-state index is -0.457. The van der Waals surface area contributed by atoms with Gasteiger partial charge in [0.15, 0.2) is 11.5 Å². The second-order valence-corrected chi connectivity index (χ2v) is 8.50. The number of hydrogen-bond donors (Lipinski definition) is 1. The lowest BCUT2D eigenvalue weighted by molar-refractivity contribution is -0.130. The third kappa shape index (κ3) is 2.16. The van der Waals surface area contributed by atoms with Crippen LogP contribution in [-0.4, -0.2) is 16.7 Å². The lowest BCUT2D eigenvalue weighted by Crippen LogP contribution is -2.50. The number of carbonyl (C=O) groups is 2. The summed E-state index contributed by atoms with van der Waals surface area (Å²) in [6.45, 7) is 10.2. The van der Waals surface area contributed by atoms with E-state index in [-0.39, 0.29) is 34.6 Å². The lowest BCUT2D eigenvalue weighted by atomic mass is 9.49. The van der Waals surface area contributed by atoms with E-state index in [1.165, 1.54) is 0 Å². The summed E-state index contributed by atoms with van der Waals surface area (Å²) in [5.41, 5.74) is 1.45. The van der Waals surface area contributed by atoms with Crippen LogP contribution in [0.1, 0.15) is 53.9 Å². The van der Waals surface area contributed by atoms with Gasteiger partial charge in [-0.2, -0.15) is 0 Å². The number of allylic oxidation sites excluding steroid dienone is 5. The fourth-order valence-corrected chi connectivity index (χ4v) is 5.10. The summed E-state index contributed by atoms with van der Waals surface area (Å²) in [4.78, 5) is 25.5. The molecule has 3 aliphatic rings. The molecule has 124 valence electrons. The molecule has 0 radical (unpaired) electrons. The van der Waals surface area contributed by atoms with Crippen molar-refractivity contribution < 1.29 is 14.7 Å². The highest BCUT2D eigenvalue weighted by molar-refractivity contribution is 6.11. The van der Waals surface area contributed by atoms with E-state index in [9.17, 15) is 14.7 Å². The lowest BCUT2D eigenvalue weighted by Gasteiger charge is -2.53. The molecule has 1 fully saturated rings. The summed E-state index contributed by atoms with van der Waals surface area (Å²) >= 11 is 0. The molecule has 0 aliphatic heterocycles. The molecule has 23 heavy (non-hydrogen) atoms. The average Bonchev–Trinajstić information content (AvgIpc) is 2.40. The molecule has 3 aliphatic carbocycles. The van der Waals surface area contributed by atoms with Crippen LogP contribution in [0, 0.1) is 22.7 Å². The van der Waals surface area contributed by atoms with Crippen molar-refractivity contribution in [2.24, 2.45) is 22.7 Å². The zero-order chi connectivity index (χ0) is 17.2. The van der Waals surface area contributed by atoms with Crippen LogP contribution in [0.3, 0.4) is 0 Å². The topological polar surface area (TPSA) is 54.4 Å². The van der Waals surface area contributed by atoms with Crippen molar-refractivity contribution in [2.75, 3.05) is 0 Å². The normalized spacial score (nSPS) is 33.2. The van der Waals surface area contributed by atoms with Gasteiger partial charge in [0.25, 0.3) is 0 Å². The number of ketones is 2. The Morgan fingerprint density at radius 1 is 1.13 bits per heavy atom. The number of carbonyl (C=O) groups excluding carboxylic acids is 2. The minimum absolute atomic E-state index is 0.0236. The molecule has 0 aromatic rings. The van der Waals surface area contributed by atoms with E-state index in [4.69, 9.17) is 0 Å². The second-order valence-electron chi connectivity index (χ2n) is 8.50. The highest BCUT2D eigenvalue weighted by atomic mass is 16.3. The van der Waals surface area contributed by atoms with E-state index in [1.807, 2.05) is 19.9 Å². The first-order chi connectivity index (χ1) is 10.6. The Morgan fingerprint density at radius 3 is 2.39 bits per heavy atom. The third-order valence-corrected chi connectivity index (χ3v) is 6.02. The molecule has 0 aromatic heterocycles. The van der Waals surface area contributed by atoms with Crippen molar-refractivity contribution in [3.63, 3.8) is 0 Å². The number of hydrogen-bond acceptors (Lipinski definition) is 3. The highest BCUT2D eigenvalue weighted by Crippen LogP contribution is 2.59. The van der Waals surface area contributed by atoms with E-state index in [0.717, 1.165) is 24.8 Å². The Labute approximate surface area is 138 Å². The first-order valence-electron chi connectivity index (χ1n) is 8.55. The third-order valence-electron chi connectivity index (χ3n) is 6.02. The number of Topliss-reactive ketones (excluding diaryl/α,β-unsaturated/α-hetero) is 1. The van der Waals surface area contributed by atoms with E-state index < -0.39 is 5.41 Å². The molecule has 1 N–H and O–H groups in total. The first-order valence-corrected chi connectivity index (χ1v) is 8.55. The van der Waals surface area contributed by atoms with E-state index >= 15 is 0 Å². The van der Waals surface area contributed by atoms with Crippen LogP contribution < -0.4 is 0 Å². The number of fused-ring (bicyclic) bond motifs is 3. The molecule has 0 amide bonds. The van der Waals surface area contributed by atoms with Gasteiger partial charge in [0.1, 0.15) is 0 Å². The Balaban J connectivity index is 2.24. The Morgan fingerprint density at radius 2 is 1.78 bits per heavy atom. The molecule has 0 saturated heterocycles. The van der Waals surface area contributed by atoms with Gasteiger partial charge in [0.05, 0.1) is 0 Å². The smallest absolute Gasteiger partial charge is 0.223 e. The van der Waals surface area contributed by atoms with Gasteiger partial charge in [-0.3, -0.25) is 9.59 Å². The maximum absolute atomic E-state index is 12.9. The molecule has 3 nitrogen and oxygen atoms in total. The molecule has 2 atom stereocenters. The van der Waals surface area contributed by atoms with Gasteiger partial charge < -0.3 is 5.11 Å². The van der Waals surface area contributed by atoms with Gasteiger partial charge in [0.2, 0.25) is 5.78 Å². The van der Waals surface area contributed by atoms with Crippen LogP contribution in [0.25, 0.3) is 0 Å². The van der Waals surface area contributed by atoms with Gasteiger partial charge in [-0.15, -0.1) is 0 Å². The fraction of sp³-hybridized carbons (Fsp3) is 0.600. The first kappa shape index (κ1) is 16.2. The van der Waals surface area contributed by atoms with Crippen LogP contribution in [0.15, 0.2) is 34.6 Å². The quantitative estimate of drug-likeness (QED) is 0.785. The van der Waals surface area contributed by atoms with E-state index in [0.29, 0.717) is 11.1 Å². The molecule has 3 rings (SSSR count). The second kappa shape index (κ2) is 4.93. The summed E-state index contributed by atoms with van der Waals surface area (Å²) in [7, 11) is 0. The number of rotatable bonds is 1. The van der Waals surface area contributed by atoms with Gasteiger partial charge in [-0.1, -0.05) is 41.0 Å². The molecule has 0 heterocycles. The van der Waals surface area contributed by atoms with Gasteiger partial charge in [-0.25, -0.2) is 0 Å². The van der Waals surface area contributed by atoms with Crippen LogP contribution in [0.5, 0.6) is 0 Å². The van der Waals surface area contributed by atoms with Gasteiger partial charge >= 0.3 is 0 Å². The van der Waals surface area contributed by atoms with Gasteiger partial charge in [0, 0.05) is 22.5 Å². The molecule has 0 bridgehead atoms. The zero-order valence-electron chi connectivity index (χ0n) is 14.7. The van der Waals surface area contributed by atoms with E-state index in [2.05, 4.69) is 20.8 Å². The molecule has 0 aromatic carbocycles. The van der Waals surface area contributed by atoms with Crippen LogP contribution in [-0.2, 0) is 9.59 Å². The molecule has 2 unspecified atom stereocenters. The van der Waals surface area contributed by atoms with Crippen LogP contribution in [0.2, 0.25) is 0 Å². The number of aliphatic hydroxyl groups excluding tert-OH is 1. The van der Waals surface area contributed by atoms with E-state index in [1.54, 1.807) is 6.08 Å². The summed E-state index contributed by atoms with van der Waals surface area (Å²) in [6, 6.07) is 0. The van der Waals surface area contributed by atoms with Crippen LogP contribution in [0.4, 0.5) is 0 Å². The standard InChI is InChI=1S/C20H26O3/c1-11(2)13-9-12-10-14(21)18-19(3,4)7-6-8-20(18,5)15(12)17(23)16(13)22/h9-11,18,23H,6-8H2,1-5H3. The fourth-order valence-electron chi connectivity index (χ4n) is 5.10. The van der Waals surface area contributed by atoms with Crippen molar-refractivity contribution in [1.29, 1.82) is 0 Å². The monoisotopic (exact) mass is 314 g/mol. The SMILES string of the molecule is CC(C)C1=CC2=CC(=O)C3C(C)(C)CCCC3(C)C2=C(O)C1=O. The summed E-state index contributed by atoms with van der Waals surface area (Å²) < 4.78 is 0. The van der Waals surface area contributed by atoms with Crippen molar-refractivity contribution >= 4 is 11.6 Å².